The molecule has 1 aromatic rings. The van der Waals surface area contributed by atoms with Gasteiger partial charge in [0.15, 0.2) is 0 Å². The predicted molar refractivity (Wildman–Crippen MR) is 66.5 cm³/mol. The molecule has 0 heterocycles. The van der Waals surface area contributed by atoms with Gasteiger partial charge in [-0.15, -0.1) is 0 Å². The zero-order chi connectivity index (χ0) is 12.3. The van der Waals surface area contributed by atoms with Crippen LogP contribution in [0.3, 0.4) is 0 Å². The van der Waals surface area contributed by atoms with E-state index in [2.05, 4.69) is 0 Å². The van der Waals surface area contributed by atoms with Crippen LogP contribution in [0.5, 0.6) is 0 Å². The molecule has 1 aliphatic carbocycles. The van der Waals surface area contributed by atoms with Gasteiger partial charge in [0.05, 0.1) is 0 Å². The van der Waals surface area contributed by atoms with Gasteiger partial charge < -0.3 is 10.8 Å². The van der Waals surface area contributed by atoms with Crippen LogP contribution in [0.1, 0.15) is 37.7 Å². The first kappa shape index (κ1) is 12.1. The van der Waals surface area contributed by atoms with Crippen molar-refractivity contribution < 1.29 is 9.90 Å². The number of carboxylic acid groups (broad SMARTS) is 1. The smallest absolute Gasteiger partial charge is 0.328 e. The molecule has 0 amide bonds. The average molecular weight is 233 g/mol. The van der Waals surface area contributed by atoms with Gasteiger partial charge in [0.1, 0.15) is 5.54 Å². The number of benzene rings is 1. The molecule has 1 aromatic carbocycles. The van der Waals surface area contributed by atoms with E-state index in [1.54, 1.807) is 0 Å². The molecule has 17 heavy (non-hydrogen) atoms. The van der Waals surface area contributed by atoms with Crippen molar-refractivity contribution in [2.75, 3.05) is 0 Å². The summed E-state index contributed by atoms with van der Waals surface area (Å²) in [5.41, 5.74) is 5.74. The number of aliphatic carboxylic acids is 1. The van der Waals surface area contributed by atoms with Gasteiger partial charge in [0, 0.05) is 0 Å². The first-order chi connectivity index (χ1) is 8.15. The summed E-state index contributed by atoms with van der Waals surface area (Å²) >= 11 is 0. The van der Waals surface area contributed by atoms with E-state index >= 15 is 0 Å². The van der Waals surface area contributed by atoms with Crippen molar-refractivity contribution >= 4 is 5.97 Å². The molecule has 2 rings (SSSR count). The zero-order valence-electron chi connectivity index (χ0n) is 9.93. The highest BCUT2D eigenvalue weighted by molar-refractivity contribution is 5.81. The quantitative estimate of drug-likeness (QED) is 0.843. The van der Waals surface area contributed by atoms with Crippen molar-refractivity contribution in [3.05, 3.63) is 35.9 Å². The van der Waals surface area contributed by atoms with Crippen LogP contribution in [0.4, 0.5) is 0 Å². The third-order valence-corrected chi connectivity index (χ3v) is 3.85. The zero-order valence-corrected chi connectivity index (χ0v) is 9.93. The fourth-order valence-electron chi connectivity index (χ4n) is 2.81. The lowest BCUT2D eigenvalue weighted by Crippen LogP contribution is -2.51. The maximum Gasteiger partial charge on any atom is 0.328 e. The summed E-state index contributed by atoms with van der Waals surface area (Å²) in [5.74, 6) is -0.855. The average Bonchev–Trinajstić information content (AvgIpc) is 2.39. The van der Waals surface area contributed by atoms with Gasteiger partial charge in [0.2, 0.25) is 0 Å². The van der Waals surface area contributed by atoms with Gasteiger partial charge in [0.25, 0.3) is 0 Å². The summed E-state index contributed by atoms with van der Waals surface area (Å²) in [6, 6.07) is 9.23. The molecule has 3 heteroatoms. The molecule has 0 spiro atoms. The topological polar surface area (TPSA) is 63.3 Å². The SMILES string of the molecule is NC(C(=O)O)(c1ccccc1)C1CCCCC1. The summed E-state index contributed by atoms with van der Waals surface area (Å²) < 4.78 is 0. The van der Waals surface area contributed by atoms with E-state index in [0.29, 0.717) is 0 Å². The predicted octanol–water partition coefficient (Wildman–Crippen LogP) is 2.51. The fourth-order valence-corrected chi connectivity index (χ4v) is 2.81. The van der Waals surface area contributed by atoms with Crippen LogP contribution in [-0.2, 0) is 10.3 Å². The van der Waals surface area contributed by atoms with Crippen LogP contribution < -0.4 is 5.73 Å². The van der Waals surface area contributed by atoms with Gasteiger partial charge in [-0.2, -0.15) is 0 Å². The summed E-state index contributed by atoms with van der Waals surface area (Å²) in [6.07, 6.45) is 5.20. The van der Waals surface area contributed by atoms with Gasteiger partial charge in [-0.3, -0.25) is 0 Å². The van der Waals surface area contributed by atoms with Crippen LogP contribution >= 0.6 is 0 Å². The van der Waals surface area contributed by atoms with Crippen molar-refractivity contribution in [3.8, 4) is 0 Å². The third kappa shape index (κ3) is 2.20. The fraction of sp³-hybridized carbons (Fsp3) is 0.500. The molecule has 0 aliphatic heterocycles. The van der Waals surface area contributed by atoms with Crippen molar-refractivity contribution in [1.82, 2.24) is 0 Å². The Labute approximate surface area is 102 Å². The number of nitrogens with two attached hydrogens (primary N) is 1. The van der Waals surface area contributed by atoms with E-state index in [1.165, 1.54) is 6.42 Å². The van der Waals surface area contributed by atoms with Crippen LogP contribution in [0, 0.1) is 5.92 Å². The van der Waals surface area contributed by atoms with Gasteiger partial charge >= 0.3 is 5.97 Å². The standard InChI is InChI=1S/C14H19NO2/c15-14(13(16)17,11-7-3-1-4-8-11)12-9-5-2-6-10-12/h1,3-4,7-8,12H,2,5-6,9-10,15H2,(H,16,17). The first-order valence-corrected chi connectivity index (χ1v) is 6.23. The summed E-state index contributed by atoms with van der Waals surface area (Å²) in [5, 5.41) is 9.51. The number of rotatable bonds is 3. The van der Waals surface area contributed by atoms with Crippen molar-refractivity contribution in [1.29, 1.82) is 0 Å². The van der Waals surface area contributed by atoms with Crippen molar-refractivity contribution in [2.45, 2.75) is 37.6 Å². The Hall–Kier alpha value is -1.35. The Morgan fingerprint density at radius 2 is 1.76 bits per heavy atom. The minimum absolute atomic E-state index is 0.0520. The minimum atomic E-state index is -1.22. The van der Waals surface area contributed by atoms with E-state index in [4.69, 9.17) is 5.73 Å². The second-order valence-corrected chi connectivity index (χ2v) is 4.88. The molecule has 3 nitrogen and oxygen atoms in total. The van der Waals surface area contributed by atoms with Gasteiger partial charge in [-0.1, -0.05) is 49.6 Å². The van der Waals surface area contributed by atoms with Gasteiger partial charge in [-0.05, 0) is 24.3 Å². The number of hydrogen-bond acceptors (Lipinski definition) is 2. The molecular weight excluding hydrogens is 214 g/mol. The molecule has 0 aromatic heterocycles. The van der Waals surface area contributed by atoms with Crippen molar-refractivity contribution in [2.24, 2.45) is 11.7 Å². The van der Waals surface area contributed by atoms with E-state index in [-0.39, 0.29) is 5.92 Å². The van der Waals surface area contributed by atoms with E-state index in [9.17, 15) is 9.90 Å². The monoisotopic (exact) mass is 233 g/mol. The van der Waals surface area contributed by atoms with E-state index in [0.717, 1.165) is 31.2 Å². The third-order valence-electron chi connectivity index (χ3n) is 3.85. The first-order valence-electron chi connectivity index (χ1n) is 6.23. The molecule has 1 atom stereocenters. The van der Waals surface area contributed by atoms with Crippen LogP contribution in [0.2, 0.25) is 0 Å². The number of carboxylic acids is 1. The van der Waals surface area contributed by atoms with Crippen LogP contribution in [0.25, 0.3) is 0 Å². The molecule has 3 N–H and O–H groups in total. The van der Waals surface area contributed by atoms with Crippen molar-refractivity contribution in [3.63, 3.8) is 0 Å². The largest absolute Gasteiger partial charge is 0.480 e. The summed E-state index contributed by atoms with van der Waals surface area (Å²) in [6.45, 7) is 0. The van der Waals surface area contributed by atoms with Crippen LogP contribution in [-0.4, -0.2) is 11.1 Å². The highest BCUT2D eigenvalue weighted by Crippen LogP contribution is 2.37. The lowest BCUT2D eigenvalue weighted by atomic mass is 9.71. The Balaban J connectivity index is 2.35. The summed E-state index contributed by atoms with van der Waals surface area (Å²) in [7, 11) is 0. The molecule has 0 saturated heterocycles. The molecule has 1 unspecified atom stereocenters. The maximum absolute atomic E-state index is 11.6. The molecule has 92 valence electrons. The highest BCUT2D eigenvalue weighted by atomic mass is 16.4. The molecule has 0 radical (unpaired) electrons. The Morgan fingerprint density at radius 1 is 1.18 bits per heavy atom. The Morgan fingerprint density at radius 3 is 2.29 bits per heavy atom. The van der Waals surface area contributed by atoms with Crippen LogP contribution in [0.15, 0.2) is 30.3 Å². The highest BCUT2D eigenvalue weighted by Gasteiger charge is 2.43. The second kappa shape index (κ2) is 4.88. The lowest BCUT2D eigenvalue weighted by Gasteiger charge is -2.36. The molecule has 1 aliphatic rings. The number of hydrogen-bond donors (Lipinski definition) is 2. The molecule has 0 bridgehead atoms. The summed E-state index contributed by atoms with van der Waals surface area (Å²) in [4.78, 5) is 11.6. The van der Waals surface area contributed by atoms with Gasteiger partial charge in [-0.25, -0.2) is 4.79 Å². The lowest BCUT2D eigenvalue weighted by molar-refractivity contribution is -0.146. The normalized spacial score (nSPS) is 20.8. The molecular formula is C14H19NO2. The number of carbonyl (C=O) groups is 1. The molecule has 1 saturated carbocycles. The Bertz CT molecular complexity index is 384. The minimum Gasteiger partial charge on any atom is -0.480 e. The second-order valence-electron chi connectivity index (χ2n) is 4.88. The van der Waals surface area contributed by atoms with E-state index < -0.39 is 11.5 Å². The Kier molecular flexibility index (Phi) is 3.48. The van der Waals surface area contributed by atoms with E-state index in [1.807, 2.05) is 30.3 Å². The molecule has 1 fully saturated rings. The maximum atomic E-state index is 11.6.